The number of carbonyl (C=O) groups excluding carboxylic acids is 2. The molecular formula is C15H18N2O2. The van der Waals surface area contributed by atoms with E-state index in [0.717, 1.165) is 12.0 Å². The maximum Gasteiger partial charge on any atom is 0.300 e. The fourth-order valence-corrected chi connectivity index (χ4v) is 1.54. The van der Waals surface area contributed by atoms with Gasteiger partial charge in [0.05, 0.1) is 6.42 Å². The van der Waals surface area contributed by atoms with Crippen LogP contribution in [-0.4, -0.2) is 17.9 Å². The summed E-state index contributed by atoms with van der Waals surface area (Å²) in [5.41, 5.74) is 1.42. The van der Waals surface area contributed by atoms with Crippen molar-refractivity contribution < 1.29 is 9.59 Å². The summed E-state index contributed by atoms with van der Waals surface area (Å²) in [7, 11) is 0. The molecule has 0 saturated carbocycles. The van der Waals surface area contributed by atoms with Crippen molar-refractivity contribution in [3.8, 4) is 12.3 Å². The Morgan fingerprint density at radius 3 is 2.79 bits per heavy atom. The lowest BCUT2D eigenvalue weighted by Crippen LogP contribution is -2.33. The van der Waals surface area contributed by atoms with Gasteiger partial charge in [-0.1, -0.05) is 19.1 Å². The number of terminal acetylenes is 1. The topological polar surface area (TPSA) is 58.2 Å². The molecule has 1 unspecified atom stereocenters. The Hall–Kier alpha value is -2.28. The van der Waals surface area contributed by atoms with E-state index in [-0.39, 0.29) is 18.4 Å². The lowest BCUT2D eigenvalue weighted by molar-refractivity contribution is -0.121. The minimum Gasteiger partial charge on any atom is -0.353 e. The summed E-state index contributed by atoms with van der Waals surface area (Å²) in [5.74, 6) is 1.45. The summed E-state index contributed by atoms with van der Waals surface area (Å²) in [6.07, 6.45) is 6.16. The van der Waals surface area contributed by atoms with Gasteiger partial charge in [-0.2, -0.15) is 0 Å². The Balaban J connectivity index is 2.64. The van der Waals surface area contributed by atoms with Crippen molar-refractivity contribution in [2.75, 3.05) is 5.32 Å². The van der Waals surface area contributed by atoms with Gasteiger partial charge in [-0.15, -0.1) is 6.42 Å². The van der Waals surface area contributed by atoms with E-state index in [1.807, 2.05) is 25.8 Å². The third-order valence-electron chi connectivity index (χ3n) is 2.70. The van der Waals surface area contributed by atoms with Crippen molar-refractivity contribution in [3.63, 3.8) is 0 Å². The molecule has 0 aliphatic carbocycles. The first-order chi connectivity index (χ1) is 9.05. The SMILES string of the molecule is C#CC(=O)Nc1cccc(CC(=O)NC(C)CC)c1. The van der Waals surface area contributed by atoms with E-state index in [4.69, 9.17) is 6.42 Å². The van der Waals surface area contributed by atoms with Crippen LogP contribution in [0.15, 0.2) is 24.3 Å². The molecule has 1 aromatic rings. The average Bonchev–Trinajstić information content (AvgIpc) is 2.38. The highest BCUT2D eigenvalue weighted by atomic mass is 16.2. The zero-order chi connectivity index (χ0) is 14.3. The van der Waals surface area contributed by atoms with E-state index in [1.54, 1.807) is 18.2 Å². The van der Waals surface area contributed by atoms with Crippen molar-refractivity contribution in [1.29, 1.82) is 0 Å². The predicted octanol–water partition coefficient (Wildman–Crippen LogP) is 1.72. The highest BCUT2D eigenvalue weighted by Gasteiger charge is 2.07. The number of hydrogen-bond donors (Lipinski definition) is 2. The number of rotatable bonds is 5. The van der Waals surface area contributed by atoms with Crippen LogP contribution in [0, 0.1) is 12.3 Å². The lowest BCUT2D eigenvalue weighted by atomic mass is 10.1. The number of benzene rings is 1. The van der Waals surface area contributed by atoms with Crippen LogP contribution in [0.3, 0.4) is 0 Å². The molecule has 1 rings (SSSR count). The molecule has 1 atom stereocenters. The Morgan fingerprint density at radius 1 is 1.42 bits per heavy atom. The molecule has 2 amide bonds. The Kier molecular flexibility index (Phi) is 5.62. The predicted molar refractivity (Wildman–Crippen MR) is 75.5 cm³/mol. The average molecular weight is 258 g/mol. The molecule has 0 radical (unpaired) electrons. The Labute approximate surface area is 113 Å². The molecule has 0 saturated heterocycles. The normalized spacial score (nSPS) is 11.2. The standard InChI is InChI=1S/C15H18N2O2/c1-4-11(3)16-15(19)10-12-7-6-8-13(9-12)17-14(18)5-2/h2,6-9,11H,4,10H2,1,3H3,(H,16,19)(H,17,18). The van der Waals surface area contributed by atoms with Crippen molar-refractivity contribution >= 4 is 17.5 Å². The van der Waals surface area contributed by atoms with Crippen molar-refractivity contribution in [2.24, 2.45) is 0 Å². The second-order valence-electron chi connectivity index (χ2n) is 4.35. The van der Waals surface area contributed by atoms with Gasteiger partial charge in [-0.05, 0) is 37.0 Å². The molecule has 0 bridgehead atoms. The molecule has 0 spiro atoms. The second kappa shape index (κ2) is 7.22. The van der Waals surface area contributed by atoms with E-state index >= 15 is 0 Å². The maximum atomic E-state index is 11.7. The summed E-state index contributed by atoms with van der Waals surface area (Å²) in [4.78, 5) is 22.8. The fraction of sp³-hybridized carbons (Fsp3) is 0.333. The van der Waals surface area contributed by atoms with Crippen LogP contribution >= 0.6 is 0 Å². The minimum atomic E-state index is -0.499. The number of amides is 2. The molecule has 0 heterocycles. The first-order valence-corrected chi connectivity index (χ1v) is 6.21. The first kappa shape index (κ1) is 14.8. The molecule has 100 valence electrons. The summed E-state index contributed by atoms with van der Waals surface area (Å²) in [6.45, 7) is 3.97. The van der Waals surface area contributed by atoms with Crippen LogP contribution in [0.25, 0.3) is 0 Å². The van der Waals surface area contributed by atoms with E-state index in [9.17, 15) is 9.59 Å². The van der Waals surface area contributed by atoms with Gasteiger partial charge in [0, 0.05) is 11.7 Å². The van der Waals surface area contributed by atoms with Gasteiger partial charge in [0.25, 0.3) is 5.91 Å². The van der Waals surface area contributed by atoms with E-state index in [2.05, 4.69) is 10.6 Å². The molecule has 19 heavy (non-hydrogen) atoms. The molecule has 1 aromatic carbocycles. The summed E-state index contributed by atoms with van der Waals surface area (Å²) in [6, 6.07) is 7.24. The Bertz CT molecular complexity index is 503. The van der Waals surface area contributed by atoms with Crippen molar-refractivity contribution in [2.45, 2.75) is 32.7 Å². The maximum absolute atomic E-state index is 11.7. The molecule has 4 heteroatoms. The molecule has 2 N–H and O–H groups in total. The van der Waals surface area contributed by atoms with Gasteiger partial charge in [-0.25, -0.2) is 0 Å². The number of nitrogens with one attached hydrogen (secondary N) is 2. The van der Waals surface area contributed by atoms with Crippen LogP contribution in [0.4, 0.5) is 5.69 Å². The molecule has 0 aromatic heterocycles. The van der Waals surface area contributed by atoms with Gasteiger partial charge in [-0.3, -0.25) is 9.59 Å². The molecule has 0 aliphatic heterocycles. The monoisotopic (exact) mass is 258 g/mol. The highest BCUT2D eigenvalue weighted by molar-refractivity contribution is 6.03. The minimum absolute atomic E-state index is 0.0326. The summed E-state index contributed by atoms with van der Waals surface area (Å²) < 4.78 is 0. The smallest absolute Gasteiger partial charge is 0.300 e. The van der Waals surface area contributed by atoms with Gasteiger partial charge in [0.1, 0.15) is 0 Å². The fourth-order valence-electron chi connectivity index (χ4n) is 1.54. The van der Waals surface area contributed by atoms with Gasteiger partial charge < -0.3 is 10.6 Å². The zero-order valence-corrected chi connectivity index (χ0v) is 11.2. The van der Waals surface area contributed by atoms with Crippen LogP contribution < -0.4 is 10.6 Å². The van der Waals surface area contributed by atoms with Gasteiger partial charge in [0.2, 0.25) is 5.91 Å². The van der Waals surface area contributed by atoms with Crippen LogP contribution in [0.5, 0.6) is 0 Å². The molecular weight excluding hydrogens is 240 g/mol. The van der Waals surface area contributed by atoms with Crippen LogP contribution in [-0.2, 0) is 16.0 Å². The van der Waals surface area contributed by atoms with Gasteiger partial charge >= 0.3 is 0 Å². The quantitative estimate of drug-likeness (QED) is 0.790. The van der Waals surface area contributed by atoms with Crippen molar-refractivity contribution in [3.05, 3.63) is 29.8 Å². The molecule has 0 fully saturated rings. The van der Waals surface area contributed by atoms with E-state index in [0.29, 0.717) is 5.69 Å². The third-order valence-corrected chi connectivity index (χ3v) is 2.70. The zero-order valence-electron chi connectivity index (χ0n) is 11.2. The van der Waals surface area contributed by atoms with E-state index in [1.165, 1.54) is 0 Å². The summed E-state index contributed by atoms with van der Waals surface area (Å²) in [5, 5.41) is 5.44. The Morgan fingerprint density at radius 2 is 2.16 bits per heavy atom. The van der Waals surface area contributed by atoms with Crippen LogP contribution in [0.1, 0.15) is 25.8 Å². The van der Waals surface area contributed by atoms with Crippen molar-refractivity contribution in [1.82, 2.24) is 5.32 Å². The number of hydrogen-bond acceptors (Lipinski definition) is 2. The van der Waals surface area contributed by atoms with Gasteiger partial charge in [0.15, 0.2) is 0 Å². The first-order valence-electron chi connectivity index (χ1n) is 6.21. The second-order valence-corrected chi connectivity index (χ2v) is 4.35. The third kappa shape index (κ3) is 5.26. The molecule has 4 nitrogen and oxygen atoms in total. The van der Waals surface area contributed by atoms with E-state index < -0.39 is 5.91 Å². The van der Waals surface area contributed by atoms with Crippen LogP contribution in [0.2, 0.25) is 0 Å². The highest BCUT2D eigenvalue weighted by Crippen LogP contribution is 2.11. The number of carbonyl (C=O) groups is 2. The largest absolute Gasteiger partial charge is 0.353 e. The molecule has 0 aliphatic rings. The lowest BCUT2D eigenvalue weighted by Gasteiger charge is -2.11. The number of anilines is 1. The summed E-state index contributed by atoms with van der Waals surface area (Å²) >= 11 is 0.